The smallest absolute Gasteiger partial charge is 1.00 e. The molecule has 0 fully saturated rings. The van der Waals surface area contributed by atoms with Crippen molar-refractivity contribution >= 4 is 22.0 Å². The molecule has 0 bridgehead atoms. The molecule has 0 spiro atoms. The summed E-state index contributed by atoms with van der Waals surface area (Å²) in [5, 5.41) is 2.82. The molecule has 0 radical (unpaired) electrons. The molecule has 9 heteroatoms. The van der Waals surface area contributed by atoms with E-state index in [1.54, 1.807) is 24.3 Å². The van der Waals surface area contributed by atoms with Crippen molar-refractivity contribution in [2.75, 3.05) is 6.54 Å². The van der Waals surface area contributed by atoms with Gasteiger partial charge in [-0.15, -0.1) is 0 Å². The van der Waals surface area contributed by atoms with E-state index in [9.17, 15) is 18.0 Å². The molecule has 2 aromatic rings. The van der Waals surface area contributed by atoms with Gasteiger partial charge in [-0.25, -0.2) is 0 Å². The third kappa shape index (κ3) is 8.53. The molecule has 0 atom stereocenters. The molecule has 28 heavy (non-hydrogen) atoms. The van der Waals surface area contributed by atoms with Gasteiger partial charge in [-0.3, -0.25) is 14.1 Å². The Balaban J connectivity index is 0.00000392. The summed E-state index contributed by atoms with van der Waals surface area (Å²) >= 11 is 0. The van der Waals surface area contributed by atoms with Crippen molar-refractivity contribution in [2.45, 2.75) is 30.6 Å². The van der Waals surface area contributed by atoms with Crippen LogP contribution in [0.3, 0.4) is 0 Å². The van der Waals surface area contributed by atoms with Gasteiger partial charge in [-0.05, 0) is 49.2 Å². The molecule has 2 aromatic carbocycles. The number of esters is 1. The second kappa shape index (κ2) is 12.0. The van der Waals surface area contributed by atoms with E-state index in [0.717, 1.165) is 25.0 Å². The first-order valence-electron chi connectivity index (χ1n) is 8.48. The standard InChI is InChI=1S/C19H21NO6S.Na.H/c21-18(26-16-10-12-17(13-11-16)27(23,24)25)9-5-2-6-14-20-19(22)15-7-3-1-4-8-15;;/h1,3-4,7-8,10-13H,2,5-6,9,14H2,(H,20,22)(H,23,24,25);;/q;+1;-1. The Morgan fingerprint density at radius 3 is 2.21 bits per heavy atom. The van der Waals surface area contributed by atoms with Crippen LogP contribution in [0.4, 0.5) is 0 Å². The molecular weight excluding hydrogens is 393 g/mol. The molecule has 0 saturated heterocycles. The van der Waals surface area contributed by atoms with Gasteiger partial charge in [0.2, 0.25) is 0 Å². The summed E-state index contributed by atoms with van der Waals surface area (Å²) in [6, 6.07) is 13.9. The minimum atomic E-state index is -4.27. The fraction of sp³-hybridized carbons (Fsp3) is 0.263. The van der Waals surface area contributed by atoms with Gasteiger partial charge in [0.25, 0.3) is 16.0 Å². The van der Waals surface area contributed by atoms with E-state index in [-0.39, 0.29) is 54.0 Å². The van der Waals surface area contributed by atoms with Crippen molar-refractivity contribution in [1.82, 2.24) is 5.32 Å². The van der Waals surface area contributed by atoms with E-state index in [1.165, 1.54) is 12.1 Å². The summed E-state index contributed by atoms with van der Waals surface area (Å²) in [4.78, 5) is 23.3. The van der Waals surface area contributed by atoms with Gasteiger partial charge in [-0.1, -0.05) is 24.6 Å². The average molecular weight is 415 g/mol. The molecule has 0 aliphatic rings. The molecule has 1 amide bonds. The molecule has 2 rings (SSSR count). The number of rotatable bonds is 9. The van der Waals surface area contributed by atoms with Gasteiger partial charge in [0.1, 0.15) is 5.75 Å². The minimum absolute atomic E-state index is 0. The first-order valence-corrected chi connectivity index (χ1v) is 9.92. The Labute approximate surface area is 188 Å². The molecule has 0 aliphatic heterocycles. The third-order valence-electron chi connectivity index (χ3n) is 3.73. The monoisotopic (exact) mass is 415 g/mol. The quantitative estimate of drug-likeness (QED) is 0.195. The number of hydrogen-bond acceptors (Lipinski definition) is 5. The predicted octanol–water partition coefficient (Wildman–Crippen LogP) is -0.0544. The van der Waals surface area contributed by atoms with Crippen LogP contribution in [0.25, 0.3) is 0 Å². The average Bonchev–Trinajstić information content (AvgIpc) is 2.64. The number of ether oxygens (including phenoxy) is 1. The first-order chi connectivity index (χ1) is 12.9. The zero-order chi connectivity index (χ0) is 19.7. The van der Waals surface area contributed by atoms with Crippen LogP contribution in [0, 0.1) is 0 Å². The summed E-state index contributed by atoms with van der Waals surface area (Å²) in [5.74, 6) is -0.339. The van der Waals surface area contributed by atoms with Crippen molar-refractivity contribution in [3.05, 3.63) is 60.2 Å². The number of nitrogens with one attached hydrogen (secondary N) is 1. The Kier molecular flexibility index (Phi) is 10.4. The Hall–Kier alpha value is -1.71. The summed E-state index contributed by atoms with van der Waals surface area (Å²) in [5.41, 5.74) is 0.612. The third-order valence-corrected chi connectivity index (χ3v) is 4.60. The molecule has 7 nitrogen and oxygen atoms in total. The van der Waals surface area contributed by atoms with Gasteiger partial charge in [0, 0.05) is 18.5 Å². The molecule has 0 aliphatic carbocycles. The number of hydrogen-bond donors (Lipinski definition) is 2. The number of carbonyl (C=O) groups is 2. The van der Waals surface area contributed by atoms with Crippen LogP contribution in [-0.2, 0) is 14.9 Å². The van der Waals surface area contributed by atoms with Crippen LogP contribution in [0.2, 0.25) is 0 Å². The van der Waals surface area contributed by atoms with Gasteiger partial charge >= 0.3 is 35.5 Å². The minimum Gasteiger partial charge on any atom is -1.00 e. The van der Waals surface area contributed by atoms with Crippen LogP contribution in [-0.4, -0.2) is 31.4 Å². The maximum Gasteiger partial charge on any atom is 1.00 e. The Morgan fingerprint density at radius 1 is 0.964 bits per heavy atom. The van der Waals surface area contributed by atoms with Crippen molar-refractivity contribution in [1.29, 1.82) is 0 Å². The molecule has 0 unspecified atom stereocenters. The van der Waals surface area contributed by atoms with E-state index in [0.29, 0.717) is 18.5 Å². The fourth-order valence-electron chi connectivity index (χ4n) is 2.33. The topological polar surface area (TPSA) is 110 Å². The first kappa shape index (κ1) is 24.3. The second-order valence-electron chi connectivity index (χ2n) is 5.85. The fourth-order valence-corrected chi connectivity index (χ4v) is 2.81. The number of carbonyl (C=O) groups excluding carboxylic acids is 2. The number of amides is 1. The Morgan fingerprint density at radius 2 is 1.61 bits per heavy atom. The molecule has 0 heterocycles. The van der Waals surface area contributed by atoms with E-state index < -0.39 is 16.1 Å². The van der Waals surface area contributed by atoms with Gasteiger partial charge < -0.3 is 11.5 Å². The van der Waals surface area contributed by atoms with Crippen molar-refractivity contribution < 1.29 is 58.3 Å². The van der Waals surface area contributed by atoms with E-state index in [4.69, 9.17) is 9.29 Å². The van der Waals surface area contributed by atoms with Crippen molar-refractivity contribution in [2.24, 2.45) is 0 Å². The van der Waals surface area contributed by atoms with Crippen LogP contribution in [0.5, 0.6) is 5.75 Å². The van der Waals surface area contributed by atoms with E-state index in [2.05, 4.69) is 5.32 Å². The second-order valence-corrected chi connectivity index (χ2v) is 7.27. The molecule has 2 N–H and O–H groups in total. The largest absolute Gasteiger partial charge is 1.00 e. The summed E-state index contributed by atoms with van der Waals surface area (Å²) < 4.78 is 35.9. The van der Waals surface area contributed by atoms with Crippen LogP contribution in [0.1, 0.15) is 37.5 Å². The normalized spacial score (nSPS) is 10.6. The zero-order valence-corrected chi connectivity index (χ0v) is 18.4. The van der Waals surface area contributed by atoms with E-state index in [1.807, 2.05) is 6.07 Å². The molecule has 146 valence electrons. The summed E-state index contributed by atoms with van der Waals surface area (Å²) in [6.45, 7) is 0.528. The number of unbranched alkanes of at least 4 members (excludes halogenated alkanes) is 2. The number of benzene rings is 2. The maximum absolute atomic E-state index is 11.8. The van der Waals surface area contributed by atoms with Crippen LogP contribution < -0.4 is 39.6 Å². The van der Waals surface area contributed by atoms with Crippen molar-refractivity contribution in [3.63, 3.8) is 0 Å². The molecular formula is C19H22NNaO6S. The molecule has 0 aromatic heterocycles. The summed E-state index contributed by atoms with van der Waals surface area (Å²) in [6.07, 6.45) is 2.33. The van der Waals surface area contributed by atoms with Crippen molar-refractivity contribution in [3.8, 4) is 5.75 Å². The Bertz CT molecular complexity index is 875. The van der Waals surface area contributed by atoms with Gasteiger partial charge in [0.15, 0.2) is 0 Å². The van der Waals surface area contributed by atoms with Crippen LogP contribution in [0.15, 0.2) is 59.5 Å². The van der Waals surface area contributed by atoms with Gasteiger partial charge in [0.05, 0.1) is 4.90 Å². The molecule has 0 saturated carbocycles. The zero-order valence-electron chi connectivity index (χ0n) is 16.6. The van der Waals surface area contributed by atoms with Crippen LogP contribution >= 0.6 is 0 Å². The maximum atomic E-state index is 11.8. The van der Waals surface area contributed by atoms with E-state index >= 15 is 0 Å². The summed E-state index contributed by atoms with van der Waals surface area (Å²) in [7, 11) is -4.27. The van der Waals surface area contributed by atoms with Gasteiger partial charge in [-0.2, -0.15) is 8.42 Å². The predicted molar refractivity (Wildman–Crippen MR) is 100 cm³/mol. The SMILES string of the molecule is O=C(CCCCCNC(=O)c1ccccc1)Oc1ccc(S(=O)(=O)O)cc1.[H-].[Na+].